The van der Waals surface area contributed by atoms with Gasteiger partial charge in [0, 0.05) is 12.1 Å². The smallest absolute Gasteiger partial charge is 0.236 e. The standard InChI is InChI=1S/C18H27N5OS/c1-11(2)22(12(3)4)17(24)15(7)25-18-19-20-21-23(18)16-9-13(5)8-14(6)10-16/h8-12,15H,1-7H3/t15-/m1/s1. The van der Waals surface area contributed by atoms with Crippen LogP contribution in [-0.2, 0) is 4.79 Å². The minimum atomic E-state index is -0.263. The maximum Gasteiger partial charge on any atom is 0.236 e. The van der Waals surface area contributed by atoms with E-state index in [1.165, 1.54) is 11.8 Å². The van der Waals surface area contributed by atoms with E-state index in [2.05, 4.69) is 21.6 Å². The molecule has 0 fully saturated rings. The van der Waals surface area contributed by atoms with Crippen LogP contribution in [0.15, 0.2) is 23.4 Å². The van der Waals surface area contributed by atoms with Gasteiger partial charge in [-0.15, -0.1) is 5.10 Å². The number of rotatable bonds is 6. The van der Waals surface area contributed by atoms with Crippen LogP contribution in [0.3, 0.4) is 0 Å². The molecular formula is C18H27N5OS. The number of carbonyl (C=O) groups excluding carboxylic acids is 1. The van der Waals surface area contributed by atoms with E-state index in [1.54, 1.807) is 4.68 Å². The topological polar surface area (TPSA) is 63.9 Å². The maximum atomic E-state index is 12.8. The molecule has 0 N–H and O–H groups in total. The van der Waals surface area contributed by atoms with Gasteiger partial charge in [0.2, 0.25) is 11.1 Å². The Bertz CT molecular complexity index is 713. The first kappa shape index (κ1) is 19.4. The summed E-state index contributed by atoms with van der Waals surface area (Å²) in [6.07, 6.45) is 0. The van der Waals surface area contributed by atoms with Crippen molar-refractivity contribution in [2.75, 3.05) is 0 Å². The summed E-state index contributed by atoms with van der Waals surface area (Å²) < 4.78 is 1.70. The summed E-state index contributed by atoms with van der Waals surface area (Å²) >= 11 is 1.39. The van der Waals surface area contributed by atoms with E-state index in [9.17, 15) is 4.79 Å². The molecule has 25 heavy (non-hydrogen) atoms. The summed E-state index contributed by atoms with van der Waals surface area (Å²) in [4.78, 5) is 14.7. The summed E-state index contributed by atoms with van der Waals surface area (Å²) in [5.74, 6) is 0.102. The lowest BCUT2D eigenvalue weighted by Gasteiger charge is -2.32. The number of benzene rings is 1. The van der Waals surface area contributed by atoms with Gasteiger partial charge in [0.25, 0.3) is 0 Å². The highest BCUT2D eigenvalue weighted by atomic mass is 32.2. The van der Waals surface area contributed by atoms with Crippen LogP contribution in [0.4, 0.5) is 0 Å². The first-order valence-electron chi connectivity index (χ1n) is 8.56. The first-order valence-corrected chi connectivity index (χ1v) is 9.44. The largest absolute Gasteiger partial charge is 0.337 e. The molecule has 0 aliphatic rings. The number of hydrogen-bond donors (Lipinski definition) is 0. The Morgan fingerprint density at radius 1 is 1.04 bits per heavy atom. The zero-order valence-electron chi connectivity index (χ0n) is 16.0. The second kappa shape index (κ2) is 7.99. The third-order valence-corrected chi connectivity index (χ3v) is 4.91. The van der Waals surface area contributed by atoms with E-state index in [1.807, 2.05) is 65.5 Å². The Labute approximate surface area is 154 Å². The molecule has 2 aromatic rings. The normalized spacial score (nSPS) is 12.7. The zero-order chi connectivity index (χ0) is 18.7. The molecule has 7 heteroatoms. The fraction of sp³-hybridized carbons (Fsp3) is 0.556. The molecule has 2 rings (SSSR count). The predicted molar refractivity (Wildman–Crippen MR) is 101 cm³/mol. The van der Waals surface area contributed by atoms with Gasteiger partial charge in [0.1, 0.15) is 0 Å². The highest BCUT2D eigenvalue weighted by Gasteiger charge is 2.27. The van der Waals surface area contributed by atoms with Gasteiger partial charge in [0.15, 0.2) is 0 Å². The highest BCUT2D eigenvalue weighted by Crippen LogP contribution is 2.26. The van der Waals surface area contributed by atoms with Crippen molar-refractivity contribution in [1.82, 2.24) is 25.1 Å². The van der Waals surface area contributed by atoms with Crippen molar-refractivity contribution in [2.24, 2.45) is 0 Å². The molecule has 0 aliphatic carbocycles. The van der Waals surface area contributed by atoms with Gasteiger partial charge < -0.3 is 4.90 Å². The number of amides is 1. The molecule has 1 atom stereocenters. The molecule has 0 radical (unpaired) electrons. The molecule has 1 aromatic carbocycles. The molecule has 0 aliphatic heterocycles. The van der Waals surface area contributed by atoms with Gasteiger partial charge in [-0.1, -0.05) is 17.8 Å². The van der Waals surface area contributed by atoms with E-state index < -0.39 is 0 Å². The lowest BCUT2D eigenvalue weighted by Crippen LogP contribution is -2.45. The molecule has 136 valence electrons. The molecule has 0 saturated carbocycles. The number of carbonyl (C=O) groups is 1. The Hall–Kier alpha value is -1.89. The van der Waals surface area contributed by atoms with Crippen molar-refractivity contribution in [3.63, 3.8) is 0 Å². The van der Waals surface area contributed by atoms with Crippen LogP contribution in [0.5, 0.6) is 0 Å². The predicted octanol–water partition coefficient (Wildman–Crippen LogP) is 3.41. The third kappa shape index (κ3) is 4.60. The second-order valence-electron chi connectivity index (χ2n) is 6.91. The van der Waals surface area contributed by atoms with Gasteiger partial charge in [-0.2, -0.15) is 4.68 Å². The molecule has 0 unspecified atom stereocenters. The maximum absolute atomic E-state index is 12.8. The van der Waals surface area contributed by atoms with E-state index in [4.69, 9.17) is 0 Å². The van der Waals surface area contributed by atoms with Crippen LogP contribution in [0.25, 0.3) is 5.69 Å². The zero-order valence-corrected chi connectivity index (χ0v) is 16.8. The van der Waals surface area contributed by atoms with Gasteiger partial charge >= 0.3 is 0 Å². The molecule has 0 saturated heterocycles. The van der Waals surface area contributed by atoms with Crippen molar-refractivity contribution in [3.05, 3.63) is 29.3 Å². The van der Waals surface area contributed by atoms with Gasteiger partial charge in [-0.25, -0.2) is 0 Å². The monoisotopic (exact) mass is 361 g/mol. The summed E-state index contributed by atoms with van der Waals surface area (Å²) in [7, 11) is 0. The molecule has 1 amide bonds. The quantitative estimate of drug-likeness (QED) is 0.738. The molecule has 1 heterocycles. The van der Waals surface area contributed by atoms with Gasteiger partial charge in [-0.05, 0) is 82.2 Å². The van der Waals surface area contributed by atoms with Gasteiger partial charge in [-0.3, -0.25) is 4.79 Å². The molecule has 0 bridgehead atoms. The number of thioether (sulfide) groups is 1. The minimum absolute atomic E-state index is 0.102. The second-order valence-corrected chi connectivity index (χ2v) is 8.22. The number of aromatic nitrogens is 4. The van der Waals surface area contributed by atoms with E-state index in [0.717, 1.165) is 16.8 Å². The van der Waals surface area contributed by atoms with E-state index >= 15 is 0 Å². The number of tetrazole rings is 1. The summed E-state index contributed by atoms with van der Waals surface area (Å²) in [5, 5.41) is 12.4. The molecule has 6 nitrogen and oxygen atoms in total. The average molecular weight is 362 g/mol. The molecule has 1 aromatic heterocycles. The third-order valence-electron chi connectivity index (χ3n) is 3.89. The van der Waals surface area contributed by atoms with Gasteiger partial charge in [0.05, 0.1) is 10.9 Å². The van der Waals surface area contributed by atoms with Crippen molar-refractivity contribution in [3.8, 4) is 5.69 Å². The Balaban J connectivity index is 2.24. The van der Waals surface area contributed by atoms with Crippen LogP contribution in [0.1, 0.15) is 45.7 Å². The van der Waals surface area contributed by atoms with Crippen LogP contribution < -0.4 is 0 Å². The SMILES string of the molecule is Cc1cc(C)cc(-n2nnnc2S[C@H](C)C(=O)N(C(C)C)C(C)C)c1. The fourth-order valence-electron chi connectivity index (χ4n) is 3.01. The number of aryl methyl sites for hydroxylation is 2. The highest BCUT2D eigenvalue weighted by molar-refractivity contribution is 8.00. The number of nitrogens with zero attached hydrogens (tertiary/aromatic N) is 5. The minimum Gasteiger partial charge on any atom is -0.337 e. The first-order chi connectivity index (χ1) is 11.7. The Morgan fingerprint density at radius 3 is 2.12 bits per heavy atom. The van der Waals surface area contributed by atoms with Crippen LogP contribution in [0.2, 0.25) is 0 Å². The summed E-state index contributed by atoms with van der Waals surface area (Å²) in [6, 6.07) is 6.50. The van der Waals surface area contributed by atoms with Crippen molar-refractivity contribution >= 4 is 17.7 Å². The molecular weight excluding hydrogens is 334 g/mol. The van der Waals surface area contributed by atoms with Crippen LogP contribution in [-0.4, -0.2) is 48.3 Å². The van der Waals surface area contributed by atoms with E-state index in [0.29, 0.717) is 5.16 Å². The average Bonchev–Trinajstić information content (AvgIpc) is 2.93. The van der Waals surface area contributed by atoms with Crippen LogP contribution in [0, 0.1) is 13.8 Å². The molecule has 0 spiro atoms. The van der Waals surface area contributed by atoms with Crippen molar-refractivity contribution < 1.29 is 4.79 Å². The lowest BCUT2D eigenvalue weighted by molar-refractivity contribution is -0.133. The summed E-state index contributed by atoms with van der Waals surface area (Å²) in [5.41, 5.74) is 3.21. The summed E-state index contributed by atoms with van der Waals surface area (Å²) in [6.45, 7) is 14.1. The Morgan fingerprint density at radius 2 is 1.60 bits per heavy atom. The Kier molecular flexibility index (Phi) is 6.21. The van der Waals surface area contributed by atoms with Crippen LogP contribution >= 0.6 is 11.8 Å². The van der Waals surface area contributed by atoms with Crippen molar-refractivity contribution in [2.45, 2.75) is 71.0 Å². The number of hydrogen-bond acceptors (Lipinski definition) is 5. The lowest BCUT2D eigenvalue weighted by atomic mass is 10.1. The van der Waals surface area contributed by atoms with Crippen molar-refractivity contribution in [1.29, 1.82) is 0 Å². The fourth-order valence-corrected chi connectivity index (χ4v) is 3.88. The van der Waals surface area contributed by atoms with E-state index in [-0.39, 0.29) is 23.2 Å².